The van der Waals surface area contributed by atoms with Crippen molar-refractivity contribution in [3.63, 3.8) is 0 Å². The predicted octanol–water partition coefficient (Wildman–Crippen LogP) is 3.10. The molecule has 0 amide bonds. The first-order valence-corrected chi connectivity index (χ1v) is 8.88. The highest BCUT2D eigenvalue weighted by atomic mass is 127. The molecule has 0 aromatic heterocycles. The van der Waals surface area contributed by atoms with Crippen molar-refractivity contribution >= 4 is 29.9 Å². The molecule has 0 unspecified atom stereocenters. The molecule has 0 atom stereocenters. The van der Waals surface area contributed by atoms with E-state index >= 15 is 0 Å². The molecule has 0 rings (SSSR count). The molecule has 0 aliphatic rings. The Morgan fingerprint density at radius 2 is 1.70 bits per heavy atom. The van der Waals surface area contributed by atoms with Crippen LogP contribution in [0.15, 0.2) is 4.99 Å². The summed E-state index contributed by atoms with van der Waals surface area (Å²) in [5.41, 5.74) is 0. The lowest BCUT2D eigenvalue weighted by Crippen LogP contribution is -2.41. The van der Waals surface area contributed by atoms with Crippen molar-refractivity contribution in [2.45, 2.75) is 66.5 Å². The normalized spacial score (nSPS) is 12.0. The van der Waals surface area contributed by atoms with Crippen LogP contribution in [0.25, 0.3) is 0 Å². The van der Waals surface area contributed by atoms with Crippen LogP contribution in [0.3, 0.4) is 0 Å². The molecular weight excluding hydrogens is 403 g/mol. The molecule has 0 saturated carbocycles. The minimum absolute atomic E-state index is 0. The summed E-state index contributed by atoms with van der Waals surface area (Å²) in [6.07, 6.45) is 2.10. The van der Waals surface area contributed by atoms with Gasteiger partial charge in [0.25, 0.3) is 0 Å². The zero-order valence-electron chi connectivity index (χ0n) is 16.0. The number of nitrogens with zero attached hydrogens (tertiary/aromatic N) is 2. The topological polar surface area (TPSA) is 48.9 Å². The lowest BCUT2D eigenvalue weighted by molar-refractivity contribution is 0.146. The Hall–Kier alpha value is -0.0800. The Bertz CT molecular complexity index is 278. The number of aliphatic imine (C=N–C) groups is 1. The van der Waals surface area contributed by atoms with E-state index in [1.165, 1.54) is 0 Å². The fraction of sp³-hybridized carbons (Fsp3) is 0.941. The second-order valence-corrected chi connectivity index (χ2v) is 6.02. The Morgan fingerprint density at radius 1 is 1.04 bits per heavy atom. The van der Waals surface area contributed by atoms with E-state index in [1.54, 1.807) is 0 Å². The van der Waals surface area contributed by atoms with Gasteiger partial charge in [-0.2, -0.15) is 0 Å². The highest BCUT2D eigenvalue weighted by Crippen LogP contribution is 2.05. The first kappa shape index (κ1) is 25.2. The number of guanidine groups is 1. The van der Waals surface area contributed by atoms with Crippen molar-refractivity contribution in [2.75, 3.05) is 39.4 Å². The van der Waals surface area contributed by atoms with Gasteiger partial charge in [-0.3, -0.25) is 9.89 Å². The van der Waals surface area contributed by atoms with Gasteiger partial charge in [-0.25, -0.2) is 0 Å². The summed E-state index contributed by atoms with van der Waals surface area (Å²) >= 11 is 0. The Balaban J connectivity index is 0. The highest BCUT2D eigenvalue weighted by molar-refractivity contribution is 14.0. The van der Waals surface area contributed by atoms with Gasteiger partial charge in [0.2, 0.25) is 0 Å². The molecule has 0 aromatic rings. The van der Waals surface area contributed by atoms with E-state index in [1.807, 2.05) is 6.92 Å². The maximum Gasteiger partial charge on any atom is 0.191 e. The number of ether oxygens (including phenoxy) is 1. The molecule has 2 N–H and O–H groups in total. The Kier molecular flexibility index (Phi) is 18.3. The monoisotopic (exact) mass is 442 g/mol. The predicted molar refractivity (Wildman–Crippen MR) is 112 cm³/mol. The van der Waals surface area contributed by atoms with Gasteiger partial charge in [0.1, 0.15) is 0 Å². The molecule has 0 radical (unpaired) electrons. The van der Waals surface area contributed by atoms with Crippen LogP contribution in [-0.2, 0) is 4.74 Å². The molecule has 6 heteroatoms. The van der Waals surface area contributed by atoms with Crippen LogP contribution >= 0.6 is 24.0 Å². The molecule has 140 valence electrons. The third-order valence-corrected chi connectivity index (χ3v) is 3.48. The molecular formula is C17H39IN4O. The number of nitrogens with one attached hydrogen (secondary N) is 2. The van der Waals surface area contributed by atoms with Crippen molar-refractivity contribution in [1.82, 2.24) is 15.5 Å². The van der Waals surface area contributed by atoms with Gasteiger partial charge in [0.15, 0.2) is 5.96 Å². The molecule has 0 aromatic carbocycles. The van der Waals surface area contributed by atoms with Gasteiger partial charge in [0, 0.05) is 51.5 Å². The maximum absolute atomic E-state index is 5.33. The summed E-state index contributed by atoms with van der Waals surface area (Å²) in [5, 5.41) is 6.71. The molecule has 0 spiro atoms. The van der Waals surface area contributed by atoms with E-state index in [0.29, 0.717) is 12.1 Å². The highest BCUT2D eigenvalue weighted by Gasteiger charge is 2.12. The zero-order valence-corrected chi connectivity index (χ0v) is 18.4. The van der Waals surface area contributed by atoms with E-state index in [0.717, 1.165) is 58.2 Å². The molecule has 5 nitrogen and oxygen atoms in total. The van der Waals surface area contributed by atoms with Crippen LogP contribution in [0, 0.1) is 0 Å². The third kappa shape index (κ3) is 14.0. The Morgan fingerprint density at radius 3 is 2.22 bits per heavy atom. The SMILES string of the molecule is CCNC(=NCCCOCC)NCCCN(C(C)C)C(C)C.I. The van der Waals surface area contributed by atoms with Crippen molar-refractivity contribution in [1.29, 1.82) is 0 Å². The van der Waals surface area contributed by atoms with E-state index in [9.17, 15) is 0 Å². The molecule has 0 bridgehead atoms. The van der Waals surface area contributed by atoms with E-state index in [-0.39, 0.29) is 24.0 Å². The van der Waals surface area contributed by atoms with Gasteiger partial charge in [-0.1, -0.05) is 0 Å². The minimum atomic E-state index is 0. The summed E-state index contributed by atoms with van der Waals surface area (Å²) in [5.74, 6) is 0.916. The van der Waals surface area contributed by atoms with E-state index in [2.05, 4.69) is 55.1 Å². The molecule has 0 aliphatic carbocycles. The molecule has 0 fully saturated rings. The first-order valence-electron chi connectivity index (χ1n) is 8.88. The molecule has 23 heavy (non-hydrogen) atoms. The fourth-order valence-electron chi connectivity index (χ4n) is 2.42. The van der Waals surface area contributed by atoms with Crippen molar-refractivity contribution in [3.8, 4) is 0 Å². The average molecular weight is 442 g/mol. The van der Waals surface area contributed by atoms with Crippen LogP contribution in [0.5, 0.6) is 0 Å². The minimum Gasteiger partial charge on any atom is -0.382 e. The van der Waals surface area contributed by atoms with Gasteiger partial charge < -0.3 is 15.4 Å². The largest absolute Gasteiger partial charge is 0.382 e. The lowest BCUT2D eigenvalue weighted by Gasteiger charge is -2.30. The van der Waals surface area contributed by atoms with Crippen LogP contribution in [-0.4, -0.2) is 62.3 Å². The second kappa shape index (κ2) is 16.8. The molecule has 0 saturated heterocycles. The molecule has 0 aliphatic heterocycles. The Labute approximate surface area is 161 Å². The van der Waals surface area contributed by atoms with Crippen LogP contribution in [0.1, 0.15) is 54.4 Å². The number of halogens is 1. The zero-order chi connectivity index (χ0) is 16.8. The molecule has 0 heterocycles. The van der Waals surface area contributed by atoms with Crippen molar-refractivity contribution in [3.05, 3.63) is 0 Å². The summed E-state index contributed by atoms with van der Waals surface area (Å²) in [4.78, 5) is 7.09. The smallest absolute Gasteiger partial charge is 0.191 e. The second-order valence-electron chi connectivity index (χ2n) is 6.02. The summed E-state index contributed by atoms with van der Waals surface area (Å²) in [6, 6.07) is 1.20. The van der Waals surface area contributed by atoms with Crippen molar-refractivity contribution in [2.24, 2.45) is 4.99 Å². The quantitative estimate of drug-likeness (QED) is 0.211. The van der Waals surface area contributed by atoms with Crippen LogP contribution < -0.4 is 10.6 Å². The van der Waals surface area contributed by atoms with Gasteiger partial charge in [-0.05, 0) is 54.4 Å². The first-order chi connectivity index (χ1) is 10.5. The number of hydrogen-bond donors (Lipinski definition) is 2. The number of rotatable bonds is 12. The fourth-order valence-corrected chi connectivity index (χ4v) is 2.42. The lowest BCUT2D eigenvalue weighted by atomic mass is 10.2. The van der Waals surface area contributed by atoms with Gasteiger partial charge in [0.05, 0.1) is 0 Å². The standard InChI is InChI=1S/C17H38N4O.HI/c1-7-18-17(20-12-10-14-22-8-2)19-11-9-13-21(15(3)4)16(5)6;/h15-16H,7-14H2,1-6H3,(H2,18,19,20);1H. The third-order valence-electron chi connectivity index (χ3n) is 3.48. The van der Waals surface area contributed by atoms with E-state index in [4.69, 9.17) is 4.74 Å². The van der Waals surface area contributed by atoms with Crippen LogP contribution in [0.2, 0.25) is 0 Å². The van der Waals surface area contributed by atoms with Gasteiger partial charge >= 0.3 is 0 Å². The van der Waals surface area contributed by atoms with Gasteiger partial charge in [-0.15, -0.1) is 24.0 Å². The summed E-state index contributed by atoms with van der Waals surface area (Å²) in [6.45, 7) is 18.5. The maximum atomic E-state index is 5.33. The summed E-state index contributed by atoms with van der Waals surface area (Å²) < 4.78 is 5.33. The summed E-state index contributed by atoms with van der Waals surface area (Å²) in [7, 11) is 0. The number of hydrogen-bond acceptors (Lipinski definition) is 3. The average Bonchev–Trinajstić information content (AvgIpc) is 2.45. The van der Waals surface area contributed by atoms with E-state index < -0.39 is 0 Å². The van der Waals surface area contributed by atoms with Crippen molar-refractivity contribution < 1.29 is 4.74 Å². The van der Waals surface area contributed by atoms with Crippen LogP contribution in [0.4, 0.5) is 0 Å².